The summed E-state index contributed by atoms with van der Waals surface area (Å²) in [5.74, 6) is -0.216. The highest BCUT2D eigenvalue weighted by Gasteiger charge is 2.10. The molecule has 0 bridgehead atoms. The Morgan fingerprint density at radius 3 is 2.52 bits per heavy atom. The van der Waals surface area contributed by atoms with Gasteiger partial charge >= 0.3 is 0 Å². The van der Waals surface area contributed by atoms with Crippen LogP contribution in [0, 0.1) is 5.82 Å². The van der Waals surface area contributed by atoms with Gasteiger partial charge in [-0.25, -0.2) is 4.39 Å². The Hall–Kier alpha value is -1.39. The van der Waals surface area contributed by atoms with Gasteiger partial charge in [0.05, 0.1) is 0 Å². The fourth-order valence-electron chi connectivity index (χ4n) is 2.20. The number of hydrogen-bond donors (Lipinski definition) is 1. The predicted molar refractivity (Wildman–Crippen MR) is 90.6 cm³/mol. The fraction of sp³-hybridized carbons (Fsp3) is 0.294. The number of nitrogens with zero attached hydrogens (tertiary/aromatic N) is 1. The van der Waals surface area contributed by atoms with Crippen LogP contribution in [0.5, 0.6) is 0 Å². The molecule has 2 nitrogen and oxygen atoms in total. The molecule has 2 aromatic rings. The molecule has 0 radical (unpaired) electrons. The molecule has 2 aromatic carbocycles. The normalized spacial score (nSPS) is 10.7. The van der Waals surface area contributed by atoms with Gasteiger partial charge in [0, 0.05) is 29.4 Å². The first-order valence-electron chi connectivity index (χ1n) is 7.10. The monoisotopic (exact) mass is 350 g/mol. The smallest absolute Gasteiger partial charge is 0.123 e. The van der Waals surface area contributed by atoms with Crippen LogP contribution in [-0.2, 0) is 6.54 Å². The first-order chi connectivity index (χ1) is 10.1. The second kappa shape index (κ2) is 7.57. The molecule has 0 atom stereocenters. The van der Waals surface area contributed by atoms with Crippen molar-refractivity contribution in [1.82, 2.24) is 5.32 Å². The van der Waals surface area contributed by atoms with E-state index in [-0.39, 0.29) is 5.82 Å². The summed E-state index contributed by atoms with van der Waals surface area (Å²) in [7, 11) is 2.00. The number of anilines is 2. The van der Waals surface area contributed by atoms with E-state index >= 15 is 0 Å². The molecule has 0 aromatic heterocycles. The van der Waals surface area contributed by atoms with E-state index in [0.29, 0.717) is 0 Å². The highest BCUT2D eigenvalue weighted by atomic mass is 79.9. The first kappa shape index (κ1) is 16.0. The molecule has 0 aliphatic heterocycles. The van der Waals surface area contributed by atoms with Gasteiger partial charge in [-0.2, -0.15) is 0 Å². The van der Waals surface area contributed by atoms with Crippen LogP contribution in [0.15, 0.2) is 46.9 Å². The van der Waals surface area contributed by atoms with Crippen LogP contribution in [0.3, 0.4) is 0 Å². The number of halogens is 2. The summed E-state index contributed by atoms with van der Waals surface area (Å²) in [4.78, 5) is 2.08. The largest absolute Gasteiger partial charge is 0.344 e. The molecule has 0 aliphatic carbocycles. The summed E-state index contributed by atoms with van der Waals surface area (Å²) in [6.45, 7) is 3.97. The molecule has 112 valence electrons. The zero-order valence-electron chi connectivity index (χ0n) is 12.4. The van der Waals surface area contributed by atoms with E-state index in [1.165, 1.54) is 17.7 Å². The molecule has 0 amide bonds. The maximum atomic E-state index is 13.1. The number of rotatable bonds is 6. The summed E-state index contributed by atoms with van der Waals surface area (Å²) in [5.41, 5.74) is 3.30. The lowest BCUT2D eigenvalue weighted by molar-refractivity contribution is 0.628. The molecule has 1 N–H and O–H groups in total. The van der Waals surface area contributed by atoms with Gasteiger partial charge in [0.15, 0.2) is 0 Å². The Balaban J connectivity index is 2.27. The quantitative estimate of drug-likeness (QED) is 0.748. The van der Waals surface area contributed by atoms with Crippen molar-refractivity contribution < 1.29 is 4.39 Å². The lowest BCUT2D eigenvalue weighted by Gasteiger charge is -2.23. The summed E-state index contributed by atoms with van der Waals surface area (Å²) in [5, 5.41) is 3.42. The summed E-state index contributed by atoms with van der Waals surface area (Å²) in [6.07, 6.45) is 1.11. The van der Waals surface area contributed by atoms with Crippen LogP contribution in [0.25, 0.3) is 0 Å². The van der Waals surface area contributed by atoms with Crippen LogP contribution < -0.4 is 10.2 Å². The van der Waals surface area contributed by atoms with E-state index in [2.05, 4.69) is 45.2 Å². The van der Waals surface area contributed by atoms with Crippen molar-refractivity contribution in [2.45, 2.75) is 19.9 Å². The van der Waals surface area contributed by atoms with Crippen molar-refractivity contribution in [3.63, 3.8) is 0 Å². The van der Waals surface area contributed by atoms with Crippen molar-refractivity contribution in [3.8, 4) is 0 Å². The molecule has 0 aliphatic rings. The highest BCUT2D eigenvalue weighted by Crippen LogP contribution is 2.30. The zero-order valence-corrected chi connectivity index (χ0v) is 14.0. The summed E-state index contributed by atoms with van der Waals surface area (Å²) >= 11 is 3.52. The molecule has 2 rings (SSSR count). The third kappa shape index (κ3) is 4.29. The molecule has 0 unspecified atom stereocenters. The Morgan fingerprint density at radius 1 is 1.14 bits per heavy atom. The molecule has 0 spiro atoms. The SMILES string of the molecule is CCCNCc1ccc(Br)cc1N(C)c1ccc(F)cc1. The third-order valence-corrected chi connectivity index (χ3v) is 3.86. The Bertz CT molecular complexity index is 584. The lowest BCUT2D eigenvalue weighted by atomic mass is 10.1. The molecular weight excluding hydrogens is 331 g/mol. The van der Waals surface area contributed by atoms with Gasteiger partial charge in [-0.1, -0.05) is 28.9 Å². The van der Waals surface area contributed by atoms with Crippen LogP contribution in [0.2, 0.25) is 0 Å². The van der Waals surface area contributed by atoms with Crippen LogP contribution in [-0.4, -0.2) is 13.6 Å². The molecule has 0 heterocycles. The first-order valence-corrected chi connectivity index (χ1v) is 7.89. The Kier molecular flexibility index (Phi) is 5.76. The standard InChI is InChI=1S/C17H20BrFN2/c1-3-10-20-12-13-4-5-14(18)11-17(13)21(2)16-8-6-15(19)7-9-16/h4-9,11,20H,3,10,12H2,1-2H3. The van der Waals surface area contributed by atoms with Crippen molar-refractivity contribution >= 4 is 27.3 Å². The number of hydrogen-bond acceptors (Lipinski definition) is 2. The number of benzene rings is 2. The predicted octanol–water partition coefficient (Wildman–Crippen LogP) is 4.86. The van der Waals surface area contributed by atoms with Gasteiger partial charge in [0.1, 0.15) is 5.82 Å². The van der Waals surface area contributed by atoms with Crippen molar-refractivity contribution in [1.29, 1.82) is 0 Å². The van der Waals surface area contributed by atoms with Crippen LogP contribution >= 0.6 is 15.9 Å². The van der Waals surface area contributed by atoms with E-state index in [4.69, 9.17) is 0 Å². The fourth-order valence-corrected chi connectivity index (χ4v) is 2.55. The minimum absolute atomic E-state index is 0.216. The lowest BCUT2D eigenvalue weighted by Crippen LogP contribution is -2.18. The van der Waals surface area contributed by atoms with Gasteiger partial charge < -0.3 is 10.2 Å². The van der Waals surface area contributed by atoms with Gasteiger partial charge in [-0.3, -0.25) is 0 Å². The topological polar surface area (TPSA) is 15.3 Å². The average molecular weight is 351 g/mol. The minimum atomic E-state index is -0.216. The summed E-state index contributed by atoms with van der Waals surface area (Å²) < 4.78 is 14.1. The van der Waals surface area contributed by atoms with E-state index < -0.39 is 0 Å². The molecule has 4 heteroatoms. The highest BCUT2D eigenvalue weighted by molar-refractivity contribution is 9.10. The molecular formula is C17H20BrFN2. The van der Waals surface area contributed by atoms with Gasteiger partial charge in [0.25, 0.3) is 0 Å². The number of nitrogens with one attached hydrogen (secondary N) is 1. The van der Waals surface area contributed by atoms with Crippen molar-refractivity contribution in [2.75, 3.05) is 18.5 Å². The van der Waals surface area contributed by atoms with Crippen LogP contribution in [0.1, 0.15) is 18.9 Å². The van der Waals surface area contributed by atoms with Crippen molar-refractivity contribution in [3.05, 3.63) is 58.3 Å². The van der Waals surface area contributed by atoms with Gasteiger partial charge in [-0.15, -0.1) is 0 Å². The van der Waals surface area contributed by atoms with Crippen molar-refractivity contribution in [2.24, 2.45) is 0 Å². The molecule has 21 heavy (non-hydrogen) atoms. The molecule has 0 saturated heterocycles. The van der Waals surface area contributed by atoms with Gasteiger partial charge in [-0.05, 0) is 54.9 Å². The van der Waals surface area contributed by atoms with Crippen LogP contribution in [0.4, 0.5) is 15.8 Å². The maximum Gasteiger partial charge on any atom is 0.123 e. The Labute approximate surface area is 134 Å². The molecule has 0 fully saturated rings. The van der Waals surface area contributed by atoms with E-state index in [0.717, 1.165) is 35.4 Å². The Morgan fingerprint density at radius 2 is 1.86 bits per heavy atom. The molecule has 0 saturated carbocycles. The second-order valence-corrected chi connectivity index (χ2v) is 5.90. The average Bonchev–Trinajstić information content (AvgIpc) is 2.49. The third-order valence-electron chi connectivity index (χ3n) is 3.36. The second-order valence-electron chi connectivity index (χ2n) is 4.99. The van der Waals surface area contributed by atoms with Gasteiger partial charge in [0.2, 0.25) is 0 Å². The zero-order chi connectivity index (χ0) is 15.2. The summed E-state index contributed by atoms with van der Waals surface area (Å²) in [6, 6.07) is 12.8. The van der Waals surface area contributed by atoms with E-state index in [9.17, 15) is 4.39 Å². The van der Waals surface area contributed by atoms with E-state index in [1.807, 2.05) is 13.1 Å². The van der Waals surface area contributed by atoms with E-state index in [1.54, 1.807) is 12.1 Å². The minimum Gasteiger partial charge on any atom is -0.344 e. The maximum absolute atomic E-state index is 13.1.